The predicted octanol–water partition coefficient (Wildman–Crippen LogP) is 2.84. The lowest BCUT2D eigenvalue weighted by Crippen LogP contribution is -2.42. The number of benzene rings is 1. The molecular weight excluding hydrogens is 266 g/mol. The van der Waals surface area contributed by atoms with E-state index < -0.39 is 0 Å². The number of piperidine rings is 1. The molecule has 1 fully saturated rings. The maximum atomic E-state index is 12.5. The van der Waals surface area contributed by atoms with Gasteiger partial charge in [-0.15, -0.1) is 0 Å². The van der Waals surface area contributed by atoms with Crippen LogP contribution in [0.4, 0.5) is 0 Å². The largest absolute Gasteiger partial charge is 0.469 e. The summed E-state index contributed by atoms with van der Waals surface area (Å²) in [6.07, 6.45) is 1.64. The smallest absolute Gasteiger partial charge is 0.310 e. The van der Waals surface area contributed by atoms with Crippen LogP contribution in [0.25, 0.3) is 0 Å². The average molecular weight is 289 g/mol. The van der Waals surface area contributed by atoms with Crippen molar-refractivity contribution >= 4 is 11.9 Å². The highest BCUT2D eigenvalue weighted by Crippen LogP contribution is 2.21. The average Bonchev–Trinajstić information content (AvgIpc) is 2.53. The third-order valence-corrected chi connectivity index (χ3v) is 4.07. The molecule has 1 aliphatic rings. The number of likely N-dealkylation sites (tertiary alicyclic amines) is 1. The van der Waals surface area contributed by atoms with Crippen LogP contribution in [0.5, 0.6) is 0 Å². The Morgan fingerprint density at radius 3 is 2.48 bits per heavy atom. The molecule has 0 aliphatic carbocycles. The Hall–Kier alpha value is -1.84. The van der Waals surface area contributed by atoms with Crippen molar-refractivity contribution in [2.75, 3.05) is 20.2 Å². The number of hydrogen-bond acceptors (Lipinski definition) is 3. The minimum absolute atomic E-state index is 0.00101. The summed E-state index contributed by atoms with van der Waals surface area (Å²) in [5.74, 6) is 0.0389. The second-order valence-corrected chi connectivity index (χ2v) is 5.89. The second kappa shape index (κ2) is 6.74. The van der Waals surface area contributed by atoms with Crippen LogP contribution < -0.4 is 0 Å². The van der Waals surface area contributed by atoms with E-state index in [9.17, 15) is 9.59 Å². The third kappa shape index (κ3) is 3.63. The van der Waals surface area contributed by atoms with Crippen molar-refractivity contribution in [2.45, 2.75) is 32.6 Å². The molecule has 0 N–H and O–H groups in total. The molecule has 1 saturated heterocycles. The zero-order valence-corrected chi connectivity index (χ0v) is 13.0. The highest BCUT2D eigenvalue weighted by Gasteiger charge is 2.29. The minimum atomic E-state index is -0.220. The summed E-state index contributed by atoms with van der Waals surface area (Å²) in [5.41, 5.74) is 1.91. The normalized spacial score (nSPS) is 18.7. The number of methoxy groups -OCH3 is 1. The lowest BCUT2D eigenvalue weighted by molar-refractivity contribution is -0.146. The molecule has 0 unspecified atom stereocenters. The first-order valence-corrected chi connectivity index (χ1v) is 7.50. The van der Waals surface area contributed by atoms with E-state index in [2.05, 4.69) is 13.8 Å². The molecule has 0 spiro atoms. The summed E-state index contributed by atoms with van der Waals surface area (Å²) in [6.45, 7) is 5.42. The molecule has 114 valence electrons. The van der Waals surface area contributed by atoms with Crippen LogP contribution in [-0.2, 0) is 9.53 Å². The van der Waals surface area contributed by atoms with Gasteiger partial charge >= 0.3 is 5.97 Å². The lowest BCUT2D eigenvalue weighted by atomic mass is 9.97. The van der Waals surface area contributed by atoms with E-state index in [1.165, 1.54) is 12.7 Å². The molecule has 1 aromatic rings. The molecule has 2 rings (SSSR count). The Morgan fingerprint density at radius 2 is 1.90 bits per heavy atom. The van der Waals surface area contributed by atoms with Crippen molar-refractivity contribution in [3.8, 4) is 0 Å². The fraction of sp³-hybridized carbons (Fsp3) is 0.529. The van der Waals surface area contributed by atoms with Gasteiger partial charge in [0.15, 0.2) is 0 Å². The number of rotatable bonds is 3. The number of ether oxygens (including phenoxy) is 1. The van der Waals surface area contributed by atoms with Crippen LogP contribution in [-0.4, -0.2) is 37.0 Å². The van der Waals surface area contributed by atoms with Crippen molar-refractivity contribution in [1.29, 1.82) is 0 Å². The number of carbonyl (C=O) groups is 2. The quantitative estimate of drug-likeness (QED) is 0.804. The van der Waals surface area contributed by atoms with Crippen LogP contribution in [0, 0.1) is 5.92 Å². The van der Waals surface area contributed by atoms with Crippen molar-refractivity contribution < 1.29 is 14.3 Å². The van der Waals surface area contributed by atoms with Gasteiger partial charge in [-0.1, -0.05) is 26.0 Å². The van der Waals surface area contributed by atoms with E-state index in [0.29, 0.717) is 24.6 Å². The van der Waals surface area contributed by atoms with Crippen molar-refractivity contribution in [1.82, 2.24) is 4.90 Å². The summed E-state index contributed by atoms with van der Waals surface area (Å²) in [5, 5.41) is 0. The first-order valence-electron chi connectivity index (χ1n) is 7.50. The molecule has 4 nitrogen and oxygen atoms in total. The number of esters is 1. The van der Waals surface area contributed by atoms with E-state index >= 15 is 0 Å². The van der Waals surface area contributed by atoms with Gasteiger partial charge in [0.2, 0.25) is 0 Å². The van der Waals surface area contributed by atoms with E-state index in [0.717, 1.165) is 12.8 Å². The van der Waals surface area contributed by atoms with Gasteiger partial charge < -0.3 is 9.64 Å². The Balaban J connectivity index is 2.06. The molecule has 0 aromatic heterocycles. The van der Waals surface area contributed by atoms with Gasteiger partial charge in [0.25, 0.3) is 5.91 Å². The van der Waals surface area contributed by atoms with Crippen LogP contribution >= 0.6 is 0 Å². The zero-order valence-electron chi connectivity index (χ0n) is 13.0. The van der Waals surface area contributed by atoms with Crippen molar-refractivity contribution in [2.24, 2.45) is 5.92 Å². The summed E-state index contributed by atoms with van der Waals surface area (Å²) in [4.78, 5) is 25.9. The fourth-order valence-corrected chi connectivity index (χ4v) is 2.71. The van der Waals surface area contributed by atoms with E-state index in [1.807, 2.05) is 24.3 Å². The first-order chi connectivity index (χ1) is 10.0. The fourth-order valence-electron chi connectivity index (χ4n) is 2.71. The number of hydrogen-bond donors (Lipinski definition) is 0. The Morgan fingerprint density at radius 1 is 1.24 bits per heavy atom. The Kier molecular flexibility index (Phi) is 4.99. The van der Waals surface area contributed by atoms with E-state index in [4.69, 9.17) is 4.74 Å². The number of amides is 1. The second-order valence-electron chi connectivity index (χ2n) is 5.89. The maximum Gasteiger partial charge on any atom is 0.310 e. The molecular formula is C17H23NO3. The molecule has 1 aliphatic heterocycles. The summed E-state index contributed by atoms with van der Waals surface area (Å²) < 4.78 is 4.79. The molecule has 0 saturated carbocycles. The molecule has 1 aromatic carbocycles. The van der Waals surface area contributed by atoms with Gasteiger partial charge in [-0.2, -0.15) is 0 Å². The molecule has 1 heterocycles. The van der Waals surface area contributed by atoms with Crippen LogP contribution in [0.3, 0.4) is 0 Å². The molecule has 21 heavy (non-hydrogen) atoms. The molecule has 1 atom stereocenters. The molecule has 0 radical (unpaired) electrons. The Bertz CT molecular complexity index is 507. The lowest BCUT2D eigenvalue weighted by Gasteiger charge is -2.31. The van der Waals surface area contributed by atoms with Gasteiger partial charge in [0.1, 0.15) is 0 Å². The van der Waals surface area contributed by atoms with Gasteiger partial charge in [-0.25, -0.2) is 0 Å². The standard InChI is InChI=1S/C17H23NO3/c1-12(2)13-6-8-14(9-7-13)16(19)18-10-4-5-15(11-18)17(20)21-3/h6-9,12,15H,4-5,10-11H2,1-3H3/t15-/m0/s1. The van der Waals surface area contributed by atoms with Crippen molar-refractivity contribution in [3.63, 3.8) is 0 Å². The first kappa shape index (κ1) is 15.5. The predicted molar refractivity (Wildman–Crippen MR) is 81.2 cm³/mol. The molecule has 4 heteroatoms. The highest BCUT2D eigenvalue weighted by atomic mass is 16.5. The van der Waals surface area contributed by atoms with Gasteiger partial charge in [0, 0.05) is 18.7 Å². The topological polar surface area (TPSA) is 46.6 Å². The molecule has 0 bridgehead atoms. The van der Waals surface area contributed by atoms with Crippen LogP contribution in [0.2, 0.25) is 0 Å². The van der Waals surface area contributed by atoms with Crippen molar-refractivity contribution in [3.05, 3.63) is 35.4 Å². The van der Waals surface area contributed by atoms with Gasteiger partial charge in [0.05, 0.1) is 13.0 Å². The number of carbonyl (C=O) groups excluding carboxylic acids is 2. The summed E-state index contributed by atoms with van der Waals surface area (Å²) >= 11 is 0. The highest BCUT2D eigenvalue weighted by molar-refractivity contribution is 5.94. The summed E-state index contributed by atoms with van der Waals surface area (Å²) in [7, 11) is 1.40. The zero-order chi connectivity index (χ0) is 15.4. The SMILES string of the molecule is COC(=O)[C@H]1CCCN(C(=O)c2ccc(C(C)C)cc2)C1. The monoisotopic (exact) mass is 289 g/mol. The van der Waals surface area contributed by atoms with E-state index in [-0.39, 0.29) is 17.8 Å². The van der Waals surface area contributed by atoms with Crippen LogP contribution in [0.15, 0.2) is 24.3 Å². The van der Waals surface area contributed by atoms with Gasteiger partial charge in [-0.05, 0) is 36.5 Å². The third-order valence-electron chi connectivity index (χ3n) is 4.07. The van der Waals surface area contributed by atoms with E-state index in [1.54, 1.807) is 4.90 Å². The minimum Gasteiger partial charge on any atom is -0.469 e. The maximum absolute atomic E-state index is 12.5. The number of nitrogens with zero attached hydrogens (tertiary/aromatic N) is 1. The summed E-state index contributed by atoms with van der Waals surface area (Å²) in [6, 6.07) is 7.75. The van der Waals surface area contributed by atoms with Crippen LogP contribution in [0.1, 0.15) is 48.5 Å². The van der Waals surface area contributed by atoms with Gasteiger partial charge in [-0.3, -0.25) is 9.59 Å². The Labute approximate surface area is 126 Å². The molecule has 1 amide bonds.